The zero-order valence-corrected chi connectivity index (χ0v) is 39.9. The van der Waals surface area contributed by atoms with Crippen molar-refractivity contribution in [3.63, 3.8) is 0 Å². The highest BCUT2D eigenvalue weighted by Crippen LogP contribution is 2.44. The van der Waals surface area contributed by atoms with Crippen LogP contribution < -0.4 is 0 Å². The van der Waals surface area contributed by atoms with Crippen LogP contribution in [0.15, 0.2) is 48.2 Å². The second kappa shape index (κ2) is 26.0. The summed E-state index contributed by atoms with van der Waals surface area (Å²) in [6, 6.07) is 0. The highest BCUT2D eigenvalue weighted by atomic mass is 16.6. The number of rotatable bonds is 18. The first kappa shape index (κ1) is 54.1. The Morgan fingerprint density at radius 1 is 0.968 bits per heavy atom. The summed E-state index contributed by atoms with van der Waals surface area (Å²) >= 11 is 0. The fraction of sp³-hybridized carbons (Fsp3) is 0.750. The molecule has 358 valence electrons. The van der Waals surface area contributed by atoms with Gasteiger partial charge in [-0.05, 0) is 25.7 Å². The zero-order chi connectivity index (χ0) is 47.0. The lowest BCUT2D eigenvalue weighted by atomic mass is 9.78. The van der Waals surface area contributed by atoms with E-state index in [4.69, 9.17) is 42.6 Å². The van der Waals surface area contributed by atoms with E-state index < -0.39 is 84.1 Å². The lowest BCUT2D eigenvalue weighted by Gasteiger charge is -2.40. The molecule has 0 aromatic carbocycles. The van der Waals surface area contributed by atoms with Gasteiger partial charge in [0.1, 0.15) is 23.6 Å². The van der Waals surface area contributed by atoms with Crippen molar-refractivity contribution >= 4 is 24.1 Å². The number of hydrogen-bond donors (Lipinski definition) is 1. The van der Waals surface area contributed by atoms with Gasteiger partial charge in [0.15, 0.2) is 0 Å². The number of carbonyl (C=O) groups is 4. The minimum absolute atomic E-state index is 0.0215. The van der Waals surface area contributed by atoms with Gasteiger partial charge >= 0.3 is 11.9 Å². The molecule has 3 heterocycles. The number of hydrogen-bond acceptors (Lipinski definition) is 14. The first-order valence-corrected chi connectivity index (χ1v) is 22.3. The van der Waals surface area contributed by atoms with E-state index in [1.165, 1.54) is 17.9 Å². The summed E-state index contributed by atoms with van der Waals surface area (Å²) in [5.74, 6) is -3.19. The summed E-state index contributed by atoms with van der Waals surface area (Å²) in [6.45, 7) is 13.0. The third kappa shape index (κ3) is 15.4. The molecule has 0 aromatic rings. The predicted molar refractivity (Wildman–Crippen MR) is 236 cm³/mol. The Labute approximate surface area is 375 Å². The number of amides is 1. The molecular formula is C48H77NO14. The number of ketones is 1. The number of fused-ring (bicyclic) bond motifs is 2. The highest BCUT2D eigenvalue weighted by molar-refractivity contribution is 5.82. The number of cyclic esters (lactones) is 1. The van der Waals surface area contributed by atoms with Crippen LogP contribution in [0, 0.1) is 29.6 Å². The number of epoxide rings is 1. The third-order valence-electron chi connectivity index (χ3n) is 13.2. The van der Waals surface area contributed by atoms with Gasteiger partial charge in [0.25, 0.3) is 0 Å². The molecule has 1 spiro atoms. The van der Waals surface area contributed by atoms with E-state index in [0.717, 1.165) is 0 Å². The summed E-state index contributed by atoms with van der Waals surface area (Å²) in [5, 5.41) is 11.2. The number of nitrogens with zero attached hydrogens (tertiary/aromatic N) is 1. The number of carbonyl (C=O) groups excluding carboxylic acids is 4. The van der Waals surface area contributed by atoms with Crippen LogP contribution in [-0.4, -0.2) is 150 Å². The molecular weight excluding hydrogens is 815 g/mol. The Morgan fingerprint density at radius 2 is 1.62 bits per heavy atom. The topological polar surface area (TPSA) is 178 Å². The quantitative estimate of drug-likeness (QED) is 0.0782. The van der Waals surface area contributed by atoms with Crippen LogP contribution in [0.5, 0.6) is 0 Å². The Balaban J connectivity index is 2.00. The third-order valence-corrected chi connectivity index (χ3v) is 13.2. The second-order valence-corrected chi connectivity index (χ2v) is 17.8. The number of aliphatic hydroxyl groups is 1. The standard InChI is InChI=1S/C48H77NO14/c1-29-17-20-44(54)63-47(34(6)46(61-35(7)51)30(2)18-19-38(52)32(4)45(59-13)31(3)21-22-49(8)28-50)33(5)40(55-9)26-43(58-12)48(27-60-48)42(57-11)25-37-16-14-15-36(62-37)24-41(56-10)39(53)23-29/h14-15,17,20-23,28,30-34,36-37,39-43,45-47,53H,16,18-19,24-27H2,1-13H3/b20-17?,22-21+,29-23+/t30-,31+,32-,33-,34-,36-,37-,39-,40+,41+,42-,43-,45+,46-,47-,48-/m0/s1. The van der Waals surface area contributed by atoms with Gasteiger partial charge in [0, 0.05) is 111 Å². The van der Waals surface area contributed by atoms with Crippen molar-refractivity contribution in [2.45, 2.75) is 154 Å². The predicted octanol–water partition coefficient (Wildman–Crippen LogP) is 5.57. The average Bonchev–Trinajstić information content (AvgIpc) is 4.07. The molecule has 1 amide bonds. The molecule has 1 saturated heterocycles. The number of ether oxygens (including phenoxy) is 9. The fourth-order valence-electron chi connectivity index (χ4n) is 9.31. The summed E-state index contributed by atoms with van der Waals surface area (Å²) in [6.07, 6.45) is 9.72. The SMILES string of the molecule is CO[C@H]([C@H](C)/C=C/N(C)C=O)[C@@H](C)C(=O)CC[C@H](C)[C@H](OC(C)=O)[C@H](C)[C@H]1OC(=O)C=C/C(C)=C/[C@H](O)[C@H](OC)C[C@@H]2C=CC[C@@H](C[C@H](OC)[C@@]3(CO3)[C@@H](OC)C[C@@H](OC)[C@@H]1C)O2. The Hall–Kier alpha value is -3.28. The molecule has 0 unspecified atom stereocenters. The summed E-state index contributed by atoms with van der Waals surface area (Å²) < 4.78 is 55.0. The molecule has 15 nitrogen and oxygen atoms in total. The van der Waals surface area contributed by atoms with Crippen molar-refractivity contribution in [1.82, 2.24) is 4.90 Å². The summed E-state index contributed by atoms with van der Waals surface area (Å²) in [7, 11) is 9.61. The average molecular weight is 892 g/mol. The van der Waals surface area contributed by atoms with Crippen LogP contribution in [0.2, 0.25) is 0 Å². The summed E-state index contributed by atoms with van der Waals surface area (Å²) in [4.78, 5) is 52.7. The fourth-order valence-corrected chi connectivity index (χ4v) is 9.31. The van der Waals surface area contributed by atoms with Crippen molar-refractivity contribution in [1.29, 1.82) is 0 Å². The van der Waals surface area contributed by atoms with Crippen molar-refractivity contribution in [2.75, 3.05) is 49.2 Å². The van der Waals surface area contributed by atoms with Gasteiger partial charge in [-0.25, -0.2) is 4.79 Å². The van der Waals surface area contributed by atoms with E-state index >= 15 is 0 Å². The molecule has 1 N–H and O–H groups in total. The lowest BCUT2D eigenvalue weighted by Crippen LogP contribution is -2.50. The maximum Gasteiger partial charge on any atom is 0.331 e. The lowest BCUT2D eigenvalue weighted by molar-refractivity contribution is -0.169. The van der Waals surface area contributed by atoms with Crippen LogP contribution in [-0.2, 0) is 61.8 Å². The highest BCUT2D eigenvalue weighted by Gasteiger charge is 2.59. The van der Waals surface area contributed by atoms with Gasteiger partial charge in [-0.1, -0.05) is 70.6 Å². The first-order valence-electron chi connectivity index (χ1n) is 22.3. The van der Waals surface area contributed by atoms with Gasteiger partial charge in [-0.2, -0.15) is 0 Å². The van der Waals surface area contributed by atoms with Gasteiger partial charge in [-0.15, -0.1) is 0 Å². The molecule has 0 aliphatic carbocycles. The van der Waals surface area contributed by atoms with Crippen molar-refractivity contribution < 1.29 is 66.9 Å². The molecule has 63 heavy (non-hydrogen) atoms. The molecule has 0 saturated carbocycles. The van der Waals surface area contributed by atoms with E-state index in [1.54, 1.807) is 67.9 Å². The van der Waals surface area contributed by atoms with Gasteiger partial charge < -0.3 is 52.6 Å². The molecule has 0 aromatic heterocycles. The molecule has 1 fully saturated rings. The molecule has 2 bridgehead atoms. The maximum atomic E-state index is 13.8. The Kier molecular flexibility index (Phi) is 22.3. The van der Waals surface area contributed by atoms with Gasteiger partial charge in [-0.3, -0.25) is 14.4 Å². The Morgan fingerprint density at radius 3 is 2.19 bits per heavy atom. The van der Waals surface area contributed by atoms with Gasteiger partial charge in [0.05, 0.1) is 55.4 Å². The molecule has 3 aliphatic heterocycles. The molecule has 15 heteroatoms. The maximum absolute atomic E-state index is 13.8. The smallest absolute Gasteiger partial charge is 0.331 e. The van der Waals surface area contributed by atoms with E-state index in [-0.39, 0.29) is 36.2 Å². The van der Waals surface area contributed by atoms with Crippen LogP contribution in [0.3, 0.4) is 0 Å². The van der Waals surface area contributed by atoms with E-state index in [0.29, 0.717) is 50.7 Å². The second-order valence-electron chi connectivity index (χ2n) is 17.8. The number of Topliss-reactive ketones (excluding diaryl/α,β-unsaturated/α-hetero) is 1. The van der Waals surface area contributed by atoms with Crippen LogP contribution >= 0.6 is 0 Å². The number of esters is 2. The number of allylic oxidation sites excluding steroid dienone is 2. The Bertz CT molecular complexity index is 1580. The minimum atomic E-state index is -0.997. The summed E-state index contributed by atoms with van der Waals surface area (Å²) in [5.41, 5.74) is -0.184. The van der Waals surface area contributed by atoms with E-state index in [9.17, 15) is 24.3 Å². The molecule has 16 atom stereocenters. The van der Waals surface area contributed by atoms with Crippen LogP contribution in [0.4, 0.5) is 0 Å². The van der Waals surface area contributed by atoms with E-state index in [1.807, 2.05) is 46.8 Å². The normalized spacial score (nSPS) is 33.5. The van der Waals surface area contributed by atoms with Crippen molar-refractivity contribution in [3.05, 3.63) is 48.2 Å². The monoisotopic (exact) mass is 892 g/mol. The molecule has 3 rings (SSSR count). The molecule has 3 aliphatic rings. The van der Waals surface area contributed by atoms with Crippen LogP contribution in [0.1, 0.15) is 87.0 Å². The molecule has 0 radical (unpaired) electrons. The number of aliphatic hydroxyl groups excluding tert-OH is 1. The van der Waals surface area contributed by atoms with Gasteiger partial charge in [0.2, 0.25) is 6.41 Å². The largest absolute Gasteiger partial charge is 0.462 e. The first-order chi connectivity index (χ1) is 29.9. The van der Waals surface area contributed by atoms with E-state index in [2.05, 4.69) is 6.08 Å². The van der Waals surface area contributed by atoms with Crippen molar-refractivity contribution in [3.8, 4) is 0 Å². The van der Waals surface area contributed by atoms with Crippen molar-refractivity contribution in [2.24, 2.45) is 29.6 Å². The zero-order valence-electron chi connectivity index (χ0n) is 39.9. The number of methoxy groups -OCH3 is 5. The minimum Gasteiger partial charge on any atom is -0.462 e. The van der Waals surface area contributed by atoms with Crippen LogP contribution in [0.25, 0.3) is 0 Å².